The Morgan fingerprint density at radius 3 is 2.60 bits per heavy atom. The summed E-state index contributed by atoms with van der Waals surface area (Å²) in [6.07, 6.45) is -0.372. The second-order valence-corrected chi connectivity index (χ2v) is 4.16. The molecule has 0 N–H and O–H groups in total. The van der Waals surface area contributed by atoms with Gasteiger partial charge in [-0.1, -0.05) is 12.1 Å². The molecule has 104 valence electrons. The number of hydrogen-bond acceptors (Lipinski definition) is 2. The summed E-state index contributed by atoms with van der Waals surface area (Å²) in [5, 5.41) is 0. The van der Waals surface area contributed by atoms with Gasteiger partial charge in [-0.15, -0.1) is 0 Å². The molecule has 0 bridgehead atoms. The Balaban J connectivity index is 2.33. The Morgan fingerprint density at radius 2 is 1.90 bits per heavy atom. The standard InChI is InChI=1S/C15H11F3O2/c1-20-14-6-5-10(16)8-11(14)13(19)7-9-3-2-4-12(17)15(9)18/h2-6,8H,7H2,1H3. The van der Waals surface area contributed by atoms with Gasteiger partial charge in [-0.05, 0) is 29.8 Å². The van der Waals surface area contributed by atoms with Crippen molar-refractivity contribution in [1.29, 1.82) is 0 Å². The van der Waals surface area contributed by atoms with Gasteiger partial charge in [0.2, 0.25) is 0 Å². The number of ether oxygens (including phenoxy) is 1. The molecule has 2 rings (SSSR count). The van der Waals surface area contributed by atoms with E-state index < -0.39 is 23.2 Å². The number of ketones is 1. The van der Waals surface area contributed by atoms with E-state index in [1.807, 2.05) is 0 Å². The van der Waals surface area contributed by atoms with Gasteiger partial charge in [0.25, 0.3) is 0 Å². The first-order valence-electron chi connectivity index (χ1n) is 5.82. The molecule has 0 saturated heterocycles. The Kier molecular flexibility index (Phi) is 4.08. The lowest BCUT2D eigenvalue weighted by atomic mass is 10.0. The number of Topliss-reactive ketones (excluding diaryl/α,β-unsaturated/α-hetero) is 1. The van der Waals surface area contributed by atoms with Crippen molar-refractivity contribution in [2.24, 2.45) is 0 Å². The summed E-state index contributed by atoms with van der Waals surface area (Å²) in [5.41, 5.74) is -0.0857. The van der Waals surface area contributed by atoms with Crippen molar-refractivity contribution in [1.82, 2.24) is 0 Å². The van der Waals surface area contributed by atoms with Crippen LogP contribution in [0.15, 0.2) is 36.4 Å². The molecule has 0 radical (unpaired) electrons. The maximum absolute atomic E-state index is 13.5. The van der Waals surface area contributed by atoms with Crippen molar-refractivity contribution in [2.45, 2.75) is 6.42 Å². The molecule has 2 nitrogen and oxygen atoms in total. The summed E-state index contributed by atoms with van der Waals surface area (Å²) in [5.74, 6) is -3.06. The Morgan fingerprint density at radius 1 is 1.15 bits per heavy atom. The maximum atomic E-state index is 13.5. The van der Waals surface area contributed by atoms with Gasteiger partial charge in [0.05, 0.1) is 12.7 Å². The molecule has 0 fully saturated rings. The van der Waals surface area contributed by atoms with Crippen LogP contribution in [-0.4, -0.2) is 12.9 Å². The van der Waals surface area contributed by atoms with Crippen LogP contribution in [-0.2, 0) is 6.42 Å². The monoisotopic (exact) mass is 280 g/mol. The zero-order valence-electron chi connectivity index (χ0n) is 10.6. The van der Waals surface area contributed by atoms with Gasteiger partial charge in [0.1, 0.15) is 11.6 Å². The molecule has 2 aromatic rings. The average Bonchev–Trinajstić information content (AvgIpc) is 2.43. The van der Waals surface area contributed by atoms with Gasteiger partial charge in [-0.2, -0.15) is 0 Å². The molecular weight excluding hydrogens is 269 g/mol. The third kappa shape index (κ3) is 2.82. The van der Waals surface area contributed by atoms with E-state index >= 15 is 0 Å². The molecule has 2 aromatic carbocycles. The molecule has 0 aliphatic rings. The summed E-state index contributed by atoms with van der Waals surface area (Å²) in [4.78, 5) is 12.1. The highest BCUT2D eigenvalue weighted by molar-refractivity contribution is 6.00. The van der Waals surface area contributed by atoms with Gasteiger partial charge in [0.15, 0.2) is 17.4 Å². The van der Waals surface area contributed by atoms with Gasteiger partial charge in [-0.25, -0.2) is 13.2 Å². The van der Waals surface area contributed by atoms with Crippen molar-refractivity contribution >= 4 is 5.78 Å². The number of hydrogen-bond donors (Lipinski definition) is 0. The summed E-state index contributed by atoms with van der Waals surface area (Å²) < 4.78 is 44.7. The zero-order valence-corrected chi connectivity index (χ0v) is 10.6. The van der Waals surface area contributed by atoms with E-state index in [-0.39, 0.29) is 23.3 Å². The minimum atomic E-state index is -1.07. The first kappa shape index (κ1) is 14.1. The van der Waals surface area contributed by atoms with E-state index in [4.69, 9.17) is 4.74 Å². The van der Waals surface area contributed by atoms with Crippen molar-refractivity contribution < 1.29 is 22.7 Å². The normalized spacial score (nSPS) is 10.4. The van der Waals surface area contributed by atoms with Crippen LogP contribution >= 0.6 is 0 Å². The van der Waals surface area contributed by atoms with Gasteiger partial charge in [-0.3, -0.25) is 4.79 Å². The van der Waals surface area contributed by atoms with Crippen molar-refractivity contribution in [3.8, 4) is 5.75 Å². The van der Waals surface area contributed by atoms with Crippen LogP contribution in [0.2, 0.25) is 0 Å². The van der Waals surface area contributed by atoms with Crippen LogP contribution in [0.1, 0.15) is 15.9 Å². The maximum Gasteiger partial charge on any atom is 0.171 e. The molecule has 0 unspecified atom stereocenters. The number of carbonyl (C=O) groups is 1. The van der Waals surface area contributed by atoms with Crippen LogP contribution in [0.3, 0.4) is 0 Å². The third-order valence-electron chi connectivity index (χ3n) is 2.84. The van der Waals surface area contributed by atoms with E-state index in [1.54, 1.807) is 0 Å². The fourth-order valence-electron chi connectivity index (χ4n) is 1.85. The molecule has 0 heterocycles. The largest absolute Gasteiger partial charge is 0.496 e. The van der Waals surface area contributed by atoms with Gasteiger partial charge >= 0.3 is 0 Å². The summed E-state index contributed by atoms with van der Waals surface area (Å²) in [6.45, 7) is 0. The molecule has 5 heteroatoms. The van der Waals surface area contributed by atoms with Gasteiger partial charge in [0, 0.05) is 6.42 Å². The predicted octanol–water partition coefficient (Wildman–Crippen LogP) is 3.54. The fraction of sp³-hybridized carbons (Fsp3) is 0.133. The quantitative estimate of drug-likeness (QED) is 0.801. The van der Waals surface area contributed by atoms with Crippen molar-refractivity contribution in [3.05, 3.63) is 65.0 Å². The molecule has 0 saturated carbocycles. The number of benzene rings is 2. The molecular formula is C15H11F3O2. The lowest BCUT2D eigenvalue weighted by Crippen LogP contribution is -2.08. The smallest absolute Gasteiger partial charge is 0.171 e. The van der Waals surface area contributed by atoms with Crippen molar-refractivity contribution in [2.75, 3.05) is 7.11 Å². The van der Waals surface area contributed by atoms with Gasteiger partial charge < -0.3 is 4.74 Å². The van der Waals surface area contributed by atoms with Crippen LogP contribution in [0.5, 0.6) is 5.75 Å². The van der Waals surface area contributed by atoms with E-state index in [0.717, 1.165) is 18.2 Å². The second kappa shape index (κ2) is 5.77. The average molecular weight is 280 g/mol. The van der Waals surface area contributed by atoms with Crippen LogP contribution in [0, 0.1) is 17.5 Å². The SMILES string of the molecule is COc1ccc(F)cc1C(=O)Cc1cccc(F)c1F. The highest BCUT2D eigenvalue weighted by Gasteiger charge is 2.17. The summed E-state index contributed by atoms with van der Waals surface area (Å²) in [7, 11) is 1.34. The number of methoxy groups -OCH3 is 1. The molecule has 0 aliphatic heterocycles. The summed E-state index contributed by atoms with van der Waals surface area (Å²) >= 11 is 0. The Hall–Kier alpha value is -2.30. The highest BCUT2D eigenvalue weighted by Crippen LogP contribution is 2.22. The zero-order chi connectivity index (χ0) is 14.7. The molecule has 0 atom stereocenters. The van der Waals surface area contributed by atoms with Crippen molar-refractivity contribution in [3.63, 3.8) is 0 Å². The van der Waals surface area contributed by atoms with E-state index in [1.165, 1.54) is 25.3 Å². The molecule has 0 amide bonds. The first-order chi connectivity index (χ1) is 9.52. The predicted molar refractivity (Wildman–Crippen MR) is 67.3 cm³/mol. The second-order valence-electron chi connectivity index (χ2n) is 4.16. The molecule has 20 heavy (non-hydrogen) atoms. The van der Waals surface area contributed by atoms with Crippen LogP contribution in [0.4, 0.5) is 13.2 Å². The molecule has 0 aromatic heterocycles. The first-order valence-corrected chi connectivity index (χ1v) is 5.82. The lowest BCUT2D eigenvalue weighted by molar-refractivity contribution is 0.0988. The van der Waals surface area contributed by atoms with E-state index in [9.17, 15) is 18.0 Å². The Bertz CT molecular complexity index is 654. The minimum absolute atomic E-state index is 0.00355. The fourth-order valence-corrected chi connectivity index (χ4v) is 1.85. The number of rotatable bonds is 4. The van der Waals surface area contributed by atoms with Crippen LogP contribution in [0.25, 0.3) is 0 Å². The summed E-state index contributed by atoms with van der Waals surface area (Å²) in [6, 6.07) is 7.05. The van der Waals surface area contributed by atoms with Crippen LogP contribution < -0.4 is 4.74 Å². The highest BCUT2D eigenvalue weighted by atomic mass is 19.2. The minimum Gasteiger partial charge on any atom is -0.496 e. The lowest BCUT2D eigenvalue weighted by Gasteiger charge is -2.08. The number of halogens is 3. The number of carbonyl (C=O) groups excluding carboxylic acids is 1. The molecule has 0 aliphatic carbocycles. The third-order valence-corrected chi connectivity index (χ3v) is 2.84. The van der Waals surface area contributed by atoms with E-state index in [0.29, 0.717) is 0 Å². The van der Waals surface area contributed by atoms with E-state index in [2.05, 4.69) is 0 Å². The topological polar surface area (TPSA) is 26.3 Å². The molecule has 0 spiro atoms. The Labute approximate surface area is 113 Å².